The summed E-state index contributed by atoms with van der Waals surface area (Å²) >= 11 is 0. The van der Waals surface area contributed by atoms with E-state index < -0.39 is 0 Å². The van der Waals surface area contributed by atoms with Crippen molar-refractivity contribution >= 4 is 44.6 Å². The lowest BCUT2D eigenvalue weighted by Crippen LogP contribution is -2.24. The van der Waals surface area contributed by atoms with Gasteiger partial charge in [0.1, 0.15) is 24.0 Å². The first kappa shape index (κ1) is 31.1. The van der Waals surface area contributed by atoms with Crippen LogP contribution in [0.2, 0.25) is 0 Å². The molecule has 0 saturated heterocycles. The van der Waals surface area contributed by atoms with Gasteiger partial charge in [-0.1, -0.05) is 129 Å². The first-order valence-electron chi connectivity index (χ1n) is 21.0. The Labute approximate surface area is 337 Å². The molecule has 0 spiro atoms. The summed E-state index contributed by atoms with van der Waals surface area (Å²) in [5.74, 6) is 1.88. The smallest absolute Gasteiger partial charge is 0.137 e. The highest BCUT2D eigenvalue weighted by Gasteiger charge is 2.31. The Morgan fingerprint density at radius 3 is 1.98 bits per heavy atom. The maximum atomic E-state index is 9.25. The summed E-state index contributed by atoms with van der Waals surface area (Å²) in [5.41, 5.74) is 11.2. The Morgan fingerprint density at radius 2 is 1.25 bits per heavy atom. The van der Waals surface area contributed by atoms with Crippen LogP contribution in [-0.2, 0) is 6.42 Å². The third kappa shape index (κ3) is 6.37. The van der Waals surface area contributed by atoms with Gasteiger partial charge in [0.15, 0.2) is 0 Å². The van der Waals surface area contributed by atoms with E-state index in [1.165, 1.54) is 0 Å². The van der Waals surface area contributed by atoms with Crippen molar-refractivity contribution in [1.29, 1.82) is 0 Å². The van der Waals surface area contributed by atoms with Gasteiger partial charge in [-0.2, -0.15) is 0 Å². The zero-order valence-electron chi connectivity index (χ0n) is 34.9. The molecule has 0 fully saturated rings. The summed E-state index contributed by atoms with van der Waals surface area (Å²) in [5, 5.41) is 2.00. The number of hydrogen-bond donors (Lipinski definition) is 0. The fraction of sp³-hybridized carbons (Fsp3) is 0.0962. The summed E-state index contributed by atoms with van der Waals surface area (Å²) in [6.07, 6.45) is 0.391. The molecule has 9 aromatic rings. The number of nitrogens with zero attached hydrogens (tertiary/aromatic N) is 4. The van der Waals surface area contributed by atoms with E-state index in [2.05, 4.69) is 156 Å². The van der Waals surface area contributed by atoms with Crippen molar-refractivity contribution in [1.82, 2.24) is 9.55 Å². The molecule has 57 heavy (non-hydrogen) atoms. The van der Waals surface area contributed by atoms with Gasteiger partial charge in [-0.25, -0.2) is 4.98 Å². The van der Waals surface area contributed by atoms with Gasteiger partial charge in [0, 0.05) is 45.9 Å². The fourth-order valence-electron chi connectivity index (χ4n) is 8.21. The molecule has 2 aromatic heterocycles. The van der Waals surface area contributed by atoms with Crippen molar-refractivity contribution in [3.63, 3.8) is 0 Å². The first-order chi connectivity index (χ1) is 29.3. The molecule has 3 heterocycles. The maximum Gasteiger partial charge on any atom is 0.137 e. The van der Waals surface area contributed by atoms with Gasteiger partial charge >= 0.3 is 0 Å². The number of ether oxygens (including phenoxy) is 1. The minimum absolute atomic E-state index is 0.0166. The molecule has 0 atom stereocenters. The number of anilines is 4. The van der Waals surface area contributed by atoms with Gasteiger partial charge in [0.25, 0.3) is 0 Å². The Balaban J connectivity index is 1.04. The van der Waals surface area contributed by atoms with Crippen LogP contribution in [0.25, 0.3) is 49.9 Å². The molecular formula is C52H42N4O. The number of hydrogen-bond acceptors (Lipinski definition) is 4. The van der Waals surface area contributed by atoms with E-state index in [1.807, 2.05) is 47.0 Å². The number of aromatic nitrogens is 2. The van der Waals surface area contributed by atoms with Crippen LogP contribution in [0, 0.1) is 5.92 Å². The second kappa shape index (κ2) is 14.5. The summed E-state index contributed by atoms with van der Waals surface area (Å²) < 4.78 is 35.1. The molecule has 0 unspecified atom stereocenters. The van der Waals surface area contributed by atoms with Gasteiger partial charge in [-0.05, 0) is 83.6 Å². The molecule has 7 aromatic carbocycles. The largest absolute Gasteiger partial charge is 0.457 e. The third-order valence-electron chi connectivity index (χ3n) is 10.7. The van der Waals surface area contributed by atoms with E-state index in [4.69, 9.17) is 7.48 Å². The van der Waals surface area contributed by atoms with Crippen LogP contribution in [0.3, 0.4) is 0 Å². The molecular weight excluding hydrogens is 697 g/mol. The van der Waals surface area contributed by atoms with Gasteiger partial charge < -0.3 is 14.5 Å². The van der Waals surface area contributed by atoms with Crippen LogP contribution >= 0.6 is 0 Å². The standard InChI is InChI=1S/C52H42N4O/c1-36(2)31-37-29-30-53-51(32-37)56-47-24-10-9-21-45(47)46-28-27-42(34-50(46)56)57-41-20-13-19-40(33-41)54-35-55(49-26-12-11-25-48(49)54)52-43(38-15-5-3-6-16-38)22-14-23-44(52)39-17-7-4-8-18-39/h3-30,32-34,36H,31,35H2,1-2H3/i29D,30D,32D. The van der Waals surface area contributed by atoms with Crippen LogP contribution in [-0.4, -0.2) is 16.2 Å². The highest BCUT2D eigenvalue weighted by molar-refractivity contribution is 6.09. The second-order valence-electron chi connectivity index (χ2n) is 14.9. The number of para-hydroxylation sites is 4. The molecule has 1 aliphatic heterocycles. The number of fused-ring (bicyclic) bond motifs is 4. The number of benzene rings is 7. The molecule has 1 aliphatic rings. The predicted molar refractivity (Wildman–Crippen MR) is 237 cm³/mol. The summed E-state index contributed by atoms with van der Waals surface area (Å²) in [4.78, 5) is 9.31. The average molecular weight is 742 g/mol. The average Bonchev–Trinajstić information content (AvgIpc) is 3.83. The molecule has 0 bridgehead atoms. The lowest BCUT2D eigenvalue weighted by molar-refractivity contribution is 0.483. The predicted octanol–water partition coefficient (Wildman–Crippen LogP) is 13.8. The SMILES string of the molecule is [2H]c1nc(-n2c3ccccc3c3ccc(Oc4cccc(N5CN(c6c(-c7ccccc7)cccc6-c6ccccc6)c6ccccc65)c4)cc32)c([2H])c(CC(C)C)c1[2H]. The van der Waals surface area contributed by atoms with E-state index >= 15 is 0 Å². The quantitative estimate of drug-likeness (QED) is 0.147. The highest BCUT2D eigenvalue weighted by atomic mass is 16.5. The Bertz CT molecular complexity index is 3000. The van der Waals surface area contributed by atoms with E-state index in [1.54, 1.807) is 0 Å². The number of rotatable bonds is 9. The van der Waals surface area contributed by atoms with Gasteiger partial charge in [0.05, 0.1) is 32.2 Å². The van der Waals surface area contributed by atoms with Gasteiger partial charge in [-0.3, -0.25) is 4.57 Å². The highest BCUT2D eigenvalue weighted by Crippen LogP contribution is 2.50. The number of pyridine rings is 1. The molecule has 5 nitrogen and oxygen atoms in total. The minimum atomic E-state index is -0.131. The molecule has 0 amide bonds. The molecule has 0 saturated carbocycles. The van der Waals surface area contributed by atoms with Gasteiger partial charge in [-0.15, -0.1) is 0 Å². The van der Waals surface area contributed by atoms with Crippen LogP contribution in [0.4, 0.5) is 22.7 Å². The van der Waals surface area contributed by atoms with E-state index in [0.717, 1.165) is 66.8 Å². The Morgan fingerprint density at radius 1 is 0.614 bits per heavy atom. The van der Waals surface area contributed by atoms with E-state index in [-0.39, 0.29) is 24.2 Å². The molecule has 276 valence electrons. The zero-order chi connectivity index (χ0) is 40.9. The third-order valence-corrected chi connectivity index (χ3v) is 10.7. The van der Waals surface area contributed by atoms with Crippen molar-refractivity contribution in [3.05, 3.63) is 194 Å². The molecule has 0 N–H and O–H groups in total. The summed E-state index contributed by atoms with van der Waals surface area (Å²) in [7, 11) is 0. The van der Waals surface area contributed by atoms with Crippen molar-refractivity contribution in [3.8, 4) is 39.6 Å². The van der Waals surface area contributed by atoms with Crippen LogP contribution in [0.15, 0.2) is 188 Å². The van der Waals surface area contributed by atoms with Gasteiger partial charge in [0.2, 0.25) is 0 Å². The topological polar surface area (TPSA) is 33.5 Å². The van der Waals surface area contributed by atoms with E-state index in [9.17, 15) is 1.37 Å². The van der Waals surface area contributed by atoms with E-state index in [0.29, 0.717) is 36.0 Å². The molecule has 5 heteroatoms. The summed E-state index contributed by atoms with van der Waals surface area (Å²) in [6.45, 7) is 4.72. The Kier molecular flexibility index (Phi) is 7.93. The first-order valence-corrected chi connectivity index (χ1v) is 19.5. The van der Waals surface area contributed by atoms with Crippen molar-refractivity contribution in [2.45, 2.75) is 20.3 Å². The fourth-order valence-corrected chi connectivity index (χ4v) is 8.21. The van der Waals surface area contributed by atoms with Crippen molar-refractivity contribution in [2.75, 3.05) is 16.5 Å². The molecule has 0 aliphatic carbocycles. The van der Waals surface area contributed by atoms with Crippen LogP contribution < -0.4 is 14.5 Å². The van der Waals surface area contributed by atoms with Crippen molar-refractivity contribution < 1.29 is 8.85 Å². The normalized spacial score (nSPS) is 13.2. The van der Waals surface area contributed by atoms with Crippen LogP contribution in [0.5, 0.6) is 11.5 Å². The van der Waals surface area contributed by atoms with Crippen LogP contribution in [0.1, 0.15) is 23.5 Å². The zero-order valence-corrected chi connectivity index (χ0v) is 31.9. The van der Waals surface area contributed by atoms with Crippen molar-refractivity contribution in [2.24, 2.45) is 5.92 Å². The summed E-state index contributed by atoms with van der Waals surface area (Å²) in [6, 6.07) is 58.9. The monoisotopic (exact) mass is 741 g/mol. The molecule has 0 radical (unpaired) electrons. The minimum Gasteiger partial charge on any atom is -0.457 e. The lowest BCUT2D eigenvalue weighted by Gasteiger charge is -2.27. The molecule has 10 rings (SSSR count). The second-order valence-corrected chi connectivity index (χ2v) is 14.9. The Hall–Kier alpha value is -7.11. The lowest BCUT2D eigenvalue weighted by atomic mass is 9.95. The maximum absolute atomic E-state index is 9.25.